The van der Waals surface area contributed by atoms with Gasteiger partial charge in [0.2, 0.25) is 0 Å². The minimum absolute atomic E-state index is 0.560. The zero-order chi connectivity index (χ0) is 12.1. The number of ether oxygens (including phenoxy) is 1. The molecule has 0 aromatic rings. The molecule has 0 aromatic carbocycles. The summed E-state index contributed by atoms with van der Waals surface area (Å²) in [6.45, 7) is 9.30. The van der Waals surface area contributed by atoms with Gasteiger partial charge >= 0.3 is 0 Å². The minimum atomic E-state index is 0.560. The maximum atomic E-state index is 5.85. The Morgan fingerprint density at radius 3 is 2.22 bits per heavy atom. The molecule has 18 heavy (non-hydrogen) atoms. The number of piperidine rings is 1. The van der Waals surface area contributed by atoms with E-state index in [1.54, 1.807) is 0 Å². The molecule has 4 rings (SSSR count). The summed E-state index contributed by atoms with van der Waals surface area (Å²) in [5.74, 6) is 1.58. The van der Waals surface area contributed by atoms with Gasteiger partial charge in [0, 0.05) is 43.6 Å². The highest BCUT2D eigenvalue weighted by atomic mass is 16.5. The first-order valence-electron chi connectivity index (χ1n) is 7.55. The average Bonchev–Trinajstić information content (AvgIpc) is 2.35. The number of rotatable bonds is 1. The van der Waals surface area contributed by atoms with E-state index in [4.69, 9.17) is 4.74 Å². The summed E-state index contributed by atoms with van der Waals surface area (Å²) < 4.78 is 5.85. The second kappa shape index (κ2) is 4.17. The SMILES string of the molecule is C1CC2(CNC2)C(C2COCCC23CNC3)CN1. The van der Waals surface area contributed by atoms with Gasteiger partial charge in [-0.2, -0.15) is 0 Å². The quantitative estimate of drug-likeness (QED) is 0.604. The van der Waals surface area contributed by atoms with Crippen molar-refractivity contribution in [2.24, 2.45) is 22.7 Å². The van der Waals surface area contributed by atoms with Crippen molar-refractivity contribution >= 4 is 0 Å². The average molecular weight is 251 g/mol. The fraction of sp³-hybridized carbons (Fsp3) is 1.00. The van der Waals surface area contributed by atoms with Gasteiger partial charge in [0.05, 0.1) is 6.61 Å². The largest absolute Gasteiger partial charge is 0.381 e. The highest BCUT2D eigenvalue weighted by Gasteiger charge is 2.56. The molecule has 4 heterocycles. The molecule has 2 spiro atoms. The van der Waals surface area contributed by atoms with Crippen LogP contribution in [0.2, 0.25) is 0 Å². The monoisotopic (exact) mass is 251 g/mol. The predicted molar refractivity (Wildman–Crippen MR) is 70.5 cm³/mol. The first-order valence-corrected chi connectivity index (χ1v) is 7.55. The Morgan fingerprint density at radius 1 is 0.833 bits per heavy atom. The van der Waals surface area contributed by atoms with E-state index in [2.05, 4.69) is 16.0 Å². The normalized spacial score (nSPS) is 41.3. The van der Waals surface area contributed by atoms with E-state index in [1.165, 1.54) is 52.1 Å². The molecule has 0 amide bonds. The molecule has 4 saturated heterocycles. The van der Waals surface area contributed by atoms with Gasteiger partial charge in [0.1, 0.15) is 0 Å². The van der Waals surface area contributed by atoms with Crippen molar-refractivity contribution in [2.75, 3.05) is 52.5 Å². The molecule has 0 bridgehead atoms. The molecule has 0 aliphatic carbocycles. The van der Waals surface area contributed by atoms with Crippen molar-refractivity contribution in [2.45, 2.75) is 12.8 Å². The molecule has 4 fully saturated rings. The molecule has 0 aromatic heterocycles. The zero-order valence-corrected chi connectivity index (χ0v) is 11.1. The first-order chi connectivity index (χ1) is 8.85. The molecule has 3 N–H and O–H groups in total. The van der Waals surface area contributed by atoms with Crippen LogP contribution in [0.1, 0.15) is 12.8 Å². The fourth-order valence-corrected chi connectivity index (χ4v) is 4.73. The van der Waals surface area contributed by atoms with Gasteiger partial charge in [-0.3, -0.25) is 0 Å². The maximum absolute atomic E-state index is 5.85. The molecular formula is C14H25N3O. The lowest BCUT2D eigenvalue weighted by Crippen LogP contribution is -2.70. The van der Waals surface area contributed by atoms with Crippen LogP contribution in [0.3, 0.4) is 0 Å². The van der Waals surface area contributed by atoms with Gasteiger partial charge in [-0.1, -0.05) is 0 Å². The summed E-state index contributed by atoms with van der Waals surface area (Å²) in [6, 6.07) is 0. The summed E-state index contributed by atoms with van der Waals surface area (Å²) in [7, 11) is 0. The summed E-state index contributed by atoms with van der Waals surface area (Å²) in [6.07, 6.45) is 2.62. The van der Waals surface area contributed by atoms with Crippen LogP contribution < -0.4 is 16.0 Å². The highest BCUT2D eigenvalue weighted by molar-refractivity contribution is 5.09. The van der Waals surface area contributed by atoms with Crippen LogP contribution in [0, 0.1) is 22.7 Å². The second-order valence-electron chi connectivity index (χ2n) is 6.92. The summed E-state index contributed by atoms with van der Waals surface area (Å²) in [5, 5.41) is 10.7. The third-order valence-corrected chi connectivity index (χ3v) is 6.17. The molecule has 2 atom stereocenters. The maximum Gasteiger partial charge on any atom is 0.0503 e. The predicted octanol–water partition coefficient (Wildman–Crippen LogP) is -0.188. The molecule has 0 saturated carbocycles. The lowest BCUT2D eigenvalue weighted by Gasteiger charge is -2.61. The summed E-state index contributed by atoms with van der Waals surface area (Å²) in [5.41, 5.74) is 1.14. The first kappa shape index (κ1) is 11.6. The van der Waals surface area contributed by atoms with Gasteiger partial charge in [0.15, 0.2) is 0 Å². The molecule has 4 heteroatoms. The molecule has 4 nitrogen and oxygen atoms in total. The van der Waals surface area contributed by atoms with Crippen molar-refractivity contribution in [1.82, 2.24) is 16.0 Å². The van der Waals surface area contributed by atoms with E-state index >= 15 is 0 Å². The molecular weight excluding hydrogens is 226 g/mol. The van der Waals surface area contributed by atoms with Crippen molar-refractivity contribution in [3.05, 3.63) is 0 Å². The van der Waals surface area contributed by atoms with E-state index in [0.717, 1.165) is 25.0 Å². The van der Waals surface area contributed by atoms with Crippen molar-refractivity contribution in [3.63, 3.8) is 0 Å². The Kier molecular flexibility index (Phi) is 2.70. The van der Waals surface area contributed by atoms with Crippen LogP contribution >= 0.6 is 0 Å². The number of nitrogens with one attached hydrogen (secondary N) is 3. The van der Waals surface area contributed by atoms with Gasteiger partial charge in [0.25, 0.3) is 0 Å². The van der Waals surface area contributed by atoms with E-state index in [9.17, 15) is 0 Å². The van der Waals surface area contributed by atoms with Crippen molar-refractivity contribution in [1.29, 1.82) is 0 Å². The smallest absolute Gasteiger partial charge is 0.0503 e. The molecule has 4 aliphatic rings. The number of hydrogen-bond acceptors (Lipinski definition) is 4. The molecule has 2 unspecified atom stereocenters. The van der Waals surface area contributed by atoms with E-state index in [0.29, 0.717) is 10.8 Å². The van der Waals surface area contributed by atoms with Crippen molar-refractivity contribution in [3.8, 4) is 0 Å². The van der Waals surface area contributed by atoms with Crippen LogP contribution in [0.5, 0.6) is 0 Å². The third kappa shape index (κ3) is 1.52. The van der Waals surface area contributed by atoms with Gasteiger partial charge in [-0.25, -0.2) is 0 Å². The van der Waals surface area contributed by atoms with Gasteiger partial charge in [-0.05, 0) is 37.8 Å². The molecule has 0 radical (unpaired) electrons. The Hall–Kier alpha value is -0.160. The summed E-state index contributed by atoms with van der Waals surface area (Å²) in [4.78, 5) is 0. The van der Waals surface area contributed by atoms with Crippen LogP contribution in [0.4, 0.5) is 0 Å². The Balaban J connectivity index is 1.59. The fourth-order valence-electron chi connectivity index (χ4n) is 4.73. The minimum Gasteiger partial charge on any atom is -0.381 e. The van der Waals surface area contributed by atoms with Crippen molar-refractivity contribution < 1.29 is 4.74 Å². The van der Waals surface area contributed by atoms with E-state index in [1.807, 2.05) is 0 Å². The zero-order valence-electron chi connectivity index (χ0n) is 11.1. The number of hydrogen-bond donors (Lipinski definition) is 3. The summed E-state index contributed by atoms with van der Waals surface area (Å²) >= 11 is 0. The third-order valence-electron chi connectivity index (χ3n) is 6.17. The Labute approximate surface area is 109 Å². The standard InChI is InChI=1S/C14H25N3O/c1-3-15-5-11(13(1)7-16-8-13)12-6-18-4-2-14(12)9-17-10-14/h11-12,15-17H,1-10H2. The van der Waals surface area contributed by atoms with Crippen LogP contribution in [0.25, 0.3) is 0 Å². The Morgan fingerprint density at radius 2 is 1.56 bits per heavy atom. The van der Waals surface area contributed by atoms with Crippen LogP contribution in [-0.4, -0.2) is 52.5 Å². The Bertz CT molecular complexity index is 293. The van der Waals surface area contributed by atoms with Gasteiger partial charge < -0.3 is 20.7 Å². The second-order valence-corrected chi connectivity index (χ2v) is 6.92. The lowest BCUT2D eigenvalue weighted by molar-refractivity contribution is -0.132. The lowest BCUT2D eigenvalue weighted by atomic mass is 9.54. The van der Waals surface area contributed by atoms with E-state index in [-0.39, 0.29) is 0 Å². The van der Waals surface area contributed by atoms with Gasteiger partial charge in [-0.15, -0.1) is 0 Å². The topological polar surface area (TPSA) is 45.3 Å². The molecule has 102 valence electrons. The van der Waals surface area contributed by atoms with Crippen LogP contribution in [0.15, 0.2) is 0 Å². The molecule has 4 aliphatic heterocycles. The highest BCUT2D eigenvalue weighted by Crippen LogP contribution is 2.51. The van der Waals surface area contributed by atoms with Crippen LogP contribution in [-0.2, 0) is 4.74 Å². The van der Waals surface area contributed by atoms with E-state index < -0.39 is 0 Å².